The van der Waals surface area contributed by atoms with Crippen LogP contribution in [0.3, 0.4) is 0 Å². The second kappa shape index (κ2) is 4.38. The van der Waals surface area contributed by atoms with Gasteiger partial charge in [-0.25, -0.2) is 9.97 Å². The normalized spacial score (nSPS) is 17.9. The fourth-order valence-corrected chi connectivity index (χ4v) is 3.56. The van der Waals surface area contributed by atoms with Crippen molar-refractivity contribution in [1.29, 1.82) is 0 Å². The Morgan fingerprint density at radius 3 is 2.95 bits per heavy atom. The highest BCUT2D eigenvalue weighted by Crippen LogP contribution is 2.42. The summed E-state index contributed by atoms with van der Waals surface area (Å²) >= 11 is 0. The van der Waals surface area contributed by atoms with E-state index in [1.807, 2.05) is 18.5 Å². The number of hydrogen-bond donors (Lipinski definition) is 1. The van der Waals surface area contributed by atoms with Crippen LogP contribution in [0.4, 0.5) is 0 Å². The van der Waals surface area contributed by atoms with E-state index in [1.165, 1.54) is 25.7 Å². The van der Waals surface area contributed by atoms with Crippen molar-refractivity contribution in [3.63, 3.8) is 0 Å². The first-order valence-corrected chi connectivity index (χ1v) is 7.46. The van der Waals surface area contributed by atoms with Crippen LogP contribution in [0.2, 0.25) is 0 Å². The minimum atomic E-state index is 0.0859. The maximum absolute atomic E-state index is 4.56. The molecule has 1 aliphatic rings. The summed E-state index contributed by atoms with van der Waals surface area (Å²) in [5.74, 6) is 0. The number of H-pyrrole nitrogens is 1. The molecule has 0 bridgehead atoms. The van der Waals surface area contributed by atoms with E-state index in [2.05, 4.69) is 40.2 Å². The van der Waals surface area contributed by atoms with Crippen LogP contribution in [-0.4, -0.2) is 24.7 Å². The van der Waals surface area contributed by atoms with Crippen molar-refractivity contribution >= 4 is 20.3 Å². The van der Waals surface area contributed by atoms with Crippen LogP contribution in [-0.2, 0) is 5.28 Å². The van der Waals surface area contributed by atoms with E-state index >= 15 is 0 Å². The van der Waals surface area contributed by atoms with Crippen molar-refractivity contribution in [2.24, 2.45) is 0 Å². The zero-order chi connectivity index (χ0) is 13.6. The van der Waals surface area contributed by atoms with Crippen molar-refractivity contribution in [2.45, 2.75) is 31.0 Å². The summed E-state index contributed by atoms with van der Waals surface area (Å²) in [5.41, 5.74) is 2.85. The number of nitrogens with one attached hydrogen (secondary N) is 1. The first-order chi connectivity index (χ1) is 9.76. The summed E-state index contributed by atoms with van der Waals surface area (Å²) in [6.45, 7) is 0. The van der Waals surface area contributed by atoms with Crippen molar-refractivity contribution in [3.05, 3.63) is 31.0 Å². The van der Waals surface area contributed by atoms with Gasteiger partial charge in [0.05, 0.1) is 17.2 Å². The highest BCUT2D eigenvalue weighted by atomic mass is 31.0. The largest absolute Gasteiger partial charge is 0.346 e. The molecule has 0 aromatic carbocycles. The highest BCUT2D eigenvalue weighted by molar-refractivity contribution is 7.18. The molecule has 0 spiro atoms. The summed E-state index contributed by atoms with van der Waals surface area (Å²) in [4.78, 5) is 11.8. The molecule has 1 N–H and O–H groups in total. The minimum Gasteiger partial charge on any atom is -0.346 e. The number of aromatic nitrogens is 5. The molecule has 3 aromatic rings. The molecule has 1 atom stereocenters. The molecular formula is C14H16N5P. The van der Waals surface area contributed by atoms with E-state index in [-0.39, 0.29) is 5.28 Å². The lowest BCUT2D eigenvalue weighted by atomic mass is 10.2. The predicted molar refractivity (Wildman–Crippen MR) is 81.3 cm³/mol. The van der Waals surface area contributed by atoms with Crippen molar-refractivity contribution in [3.8, 4) is 11.3 Å². The first-order valence-electron chi connectivity index (χ1n) is 6.89. The lowest BCUT2D eigenvalue weighted by Gasteiger charge is -2.23. The number of rotatable bonds is 2. The summed E-state index contributed by atoms with van der Waals surface area (Å²) in [6.07, 6.45) is 12.4. The van der Waals surface area contributed by atoms with Crippen molar-refractivity contribution in [1.82, 2.24) is 24.7 Å². The smallest absolute Gasteiger partial charge is 0.141 e. The molecule has 3 heterocycles. The Hall–Kier alpha value is -1.74. The van der Waals surface area contributed by atoms with E-state index < -0.39 is 0 Å². The lowest BCUT2D eigenvalue weighted by molar-refractivity contribution is 0.412. The Kier molecular flexibility index (Phi) is 2.64. The Balaban J connectivity index is 1.80. The van der Waals surface area contributed by atoms with Gasteiger partial charge in [0.15, 0.2) is 0 Å². The first kappa shape index (κ1) is 12.0. The molecule has 6 heteroatoms. The van der Waals surface area contributed by atoms with Gasteiger partial charge in [-0.2, -0.15) is 5.10 Å². The second-order valence-electron chi connectivity index (χ2n) is 5.45. The Bertz CT molecular complexity index is 754. The van der Waals surface area contributed by atoms with Gasteiger partial charge in [-0.05, 0) is 18.9 Å². The Morgan fingerprint density at radius 1 is 1.25 bits per heavy atom. The minimum absolute atomic E-state index is 0.0859. The maximum Gasteiger partial charge on any atom is 0.141 e. The number of aromatic amines is 1. The summed E-state index contributed by atoms with van der Waals surface area (Å²) in [5, 5.41) is 5.69. The third-order valence-electron chi connectivity index (χ3n) is 4.14. The van der Waals surface area contributed by atoms with Gasteiger partial charge in [-0.1, -0.05) is 12.8 Å². The van der Waals surface area contributed by atoms with E-state index in [4.69, 9.17) is 0 Å². The fourth-order valence-electron chi connectivity index (χ4n) is 3.01. The van der Waals surface area contributed by atoms with Gasteiger partial charge < -0.3 is 4.98 Å². The predicted octanol–water partition coefficient (Wildman–Crippen LogP) is 2.92. The number of nitrogens with zero attached hydrogens (tertiary/aromatic N) is 4. The standard InChI is InChI=1S/C14H16N5P/c20-14(4-1-2-5-14)19-8-10(7-18-19)12-11-3-6-15-13(11)17-9-16-12/h3,6-9H,1-2,4-5,20H2,(H,15,16,17). The van der Waals surface area contributed by atoms with Gasteiger partial charge in [-0.15, -0.1) is 9.24 Å². The Morgan fingerprint density at radius 2 is 2.10 bits per heavy atom. The average molecular weight is 285 g/mol. The topological polar surface area (TPSA) is 59.4 Å². The average Bonchev–Trinajstić information content (AvgIpc) is 3.18. The van der Waals surface area contributed by atoms with Gasteiger partial charge in [0.1, 0.15) is 12.0 Å². The molecular weight excluding hydrogens is 269 g/mol. The summed E-state index contributed by atoms with van der Waals surface area (Å²) in [7, 11) is 2.98. The quantitative estimate of drug-likeness (QED) is 0.736. The van der Waals surface area contributed by atoms with Crippen LogP contribution in [0, 0.1) is 0 Å². The summed E-state index contributed by atoms with van der Waals surface area (Å²) < 4.78 is 2.08. The maximum atomic E-state index is 4.56. The van der Waals surface area contributed by atoms with Gasteiger partial charge >= 0.3 is 0 Å². The molecule has 1 aliphatic carbocycles. The van der Waals surface area contributed by atoms with E-state index in [1.54, 1.807) is 6.33 Å². The Labute approximate surface area is 119 Å². The lowest BCUT2D eigenvalue weighted by Crippen LogP contribution is -2.22. The van der Waals surface area contributed by atoms with Gasteiger partial charge in [-0.3, -0.25) is 4.68 Å². The third kappa shape index (κ3) is 1.77. The van der Waals surface area contributed by atoms with Crippen LogP contribution >= 0.6 is 9.24 Å². The molecule has 0 radical (unpaired) electrons. The molecule has 1 unspecified atom stereocenters. The van der Waals surface area contributed by atoms with Crippen LogP contribution in [0.25, 0.3) is 22.3 Å². The third-order valence-corrected chi connectivity index (χ3v) is 4.98. The molecule has 20 heavy (non-hydrogen) atoms. The van der Waals surface area contributed by atoms with Gasteiger partial charge in [0.2, 0.25) is 0 Å². The van der Waals surface area contributed by atoms with Crippen molar-refractivity contribution in [2.75, 3.05) is 0 Å². The van der Waals surface area contributed by atoms with Gasteiger partial charge in [0.25, 0.3) is 0 Å². The molecule has 0 aliphatic heterocycles. The molecule has 0 saturated heterocycles. The zero-order valence-corrected chi connectivity index (χ0v) is 12.2. The molecule has 102 valence electrons. The van der Waals surface area contributed by atoms with Gasteiger partial charge in [0, 0.05) is 23.3 Å². The highest BCUT2D eigenvalue weighted by Gasteiger charge is 2.31. The number of hydrogen-bond acceptors (Lipinski definition) is 3. The SMILES string of the molecule is PC1(n2cc(-c3ncnc4[nH]ccc34)cn2)CCCC1. The van der Waals surface area contributed by atoms with E-state index in [0.717, 1.165) is 22.3 Å². The van der Waals surface area contributed by atoms with Crippen LogP contribution in [0.1, 0.15) is 25.7 Å². The fraction of sp³-hybridized carbons (Fsp3) is 0.357. The second-order valence-corrected chi connectivity index (χ2v) is 6.52. The monoisotopic (exact) mass is 285 g/mol. The molecule has 5 nitrogen and oxygen atoms in total. The van der Waals surface area contributed by atoms with Crippen LogP contribution in [0.15, 0.2) is 31.0 Å². The van der Waals surface area contributed by atoms with Crippen LogP contribution < -0.4 is 0 Å². The zero-order valence-electron chi connectivity index (χ0n) is 11.1. The molecule has 1 saturated carbocycles. The molecule has 4 rings (SSSR count). The molecule has 3 aromatic heterocycles. The van der Waals surface area contributed by atoms with Crippen LogP contribution in [0.5, 0.6) is 0 Å². The van der Waals surface area contributed by atoms with E-state index in [9.17, 15) is 0 Å². The number of fused-ring (bicyclic) bond motifs is 1. The molecule has 1 fully saturated rings. The molecule has 0 amide bonds. The van der Waals surface area contributed by atoms with Crippen molar-refractivity contribution < 1.29 is 0 Å². The summed E-state index contributed by atoms with van der Waals surface area (Å²) in [6, 6.07) is 2.01. The van der Waals surface area contributed by atoms with E-state index in [0.29, 0.717) is 0 Å².